The molecule has 3 aromatic rings. The van der Waals surface area contributed by atoms with Crippen molar-refractivity contribution in [2.45, 2.75) is 6.92 Å². The van der Waals surface area contributed by atoms with Crippen molar-refractivity contribution >= 4 is 11.5 Å². The van der Waals surface area contributed by atoms with Crippen LogP contribution in [0.3, 0.4) is 0 Å². The van der Waals surface area contributed by atoms with Crippen molar-refractivity contribution in [3.05, 3.63) is 48.4 Å². The van der Waals surface area contributed by atoms with Crippen LogP contribution in [0.15, 0.2) is 42.6 Å². The largest absolute Gasteiger partial charge is 0.360 e. The van der Waals surface area contributed by atoms with Gasteiger partial charge in [0.05, 0.1) is 11.9 Å². The molecule has 0 aliphatic carbocycles. The predicted molar refractivity (Wildman–Crippen MR) is 77.3 cm³/mol. The Balaban J connectivity index is 2.25. The zero-order chi connectivity index (χ0) is 14.1. The molecule has 2 heterocycles. The van der Waals surface area contributed by atoms with E-state index in [9.17, 15) is 4.39 Å². The normalized spacial score (nSPS) is 10.9. The minimum atomic E-state index is -0.269. The third kappa shape index (κ3) is 2.01. The standard InChI is InChI=1S/C15H15FN4/c1-3-19(2)15-10-13(11-6-4-5-7-12(11)16)18-14-8-9-17-20(14)15/h4-10H,3H2,1-2H3. The minimum Gasteiger partial charge on any atom is -0.360 e. The van der Waals surface area contributed by atoms with Crippen molar-refractivity contribution in [2.75, 3.05) is 18.5 Å². The third-order valence-electron chi connectivity index (χ3n) is 3.36. The number of benzene rings is 1. The van der Waals surface area contributed by atoms with Crippen LogP contribution in [0.25, 0.3) is 16.9 Å². The molecule has 20 heavy (non-hydrogen) atoms. The fourth-order valence-electron chi connectivity index (χ4n) is 2.14. The second-order valence-corrected chi connectivity index (χ2v) is 4.59. The molecule has 0 spiro atoms. The van der Waals surface area contributed by atoms with Gasteiger partial charge < -0.3 is 4.90 Å². The van der Waals surface area contributed by atoms with Gasteiger partial charge in [0.15, 0.2) is 5.65 Å². The molecule has 4 nitrogen and oxygen atoms in total. The molecule has 0 radical (unpaired) electrons. The van der Waals surface area contributed by atoms with Crippen LogP contribution in [-0.4, -0.2) is 28.2 Å². The monoisotopic (exact) mass is 270 g/mol. The summed E-state index contributed by atoms with van der Waals surface area (Å²) in [6.07, 6.45) is 1.69. The molecule has 0 atom stereocenters. The fourth-order valence-corrected chi connectivity index (χ4v) is 2.14. The Hall–Kier alpha value is -2.43. The highest BCUT2D eigenvalue weighted by atomic mass is 19.1. The van der Waals surface area contributed by atoms with E-state index in [1.807, 2.05) is 30.1 Å². The lowest BCUT2D eigenvalue weighted by Gasteiger charge is -2.18. The second-order valence-electron chi connectivity index (χ2n) is 4.59. The smallest absolute Gasteiger partial charge is 0.157 e. The van der Waals surface area contributed by atoms with Crippen LogP contribution in [0.1, 0.15) is 6.92 Å². The van der Waals surface area contributed by atoms with E-state index in [0.29, 0.717) is 16.9 Å². The van der Waals surface area contributed by atoms with E-state index in [-0.39, 0.29) is 5.82 Å². The summed E-state index contributed by atoms with van der Waals surface area (Å²) < 4.78 is 15.7. The summed E-state index contributed by atoms with van der Waals surface area (Å²) in [4.78, 5) is 6.53. The molecule has 0 fully saturated rings. The van der Waals surface area contributed by atoms with Gasteiger partial charge in [0, 0.05) is 31.3 Å². The van der Waals surface area contributed by atoms with Gasteiger partial charge in [-0.2, -0.15) is 9.61 Å². The molecule has 3 rings (SSSR count). The Morgan fingerprint density at radius 2 is 2.05 bits per heavy atom. The Morgan fingerprint density at radius 1 is 1.25 bits per heavy atom. The maximum Gasteiger partial charge on any atom is 0.157 e. The molecule has 0 unspecified atom stereocenters. The van der Waals surface area contributed by atoms with Crippen molar-refractivity contribution in [1.82, 2.24) is 14.6 Å². The Kier molecular flexibility index (Phi) is 3.10. The van der Waals surface area contributed by atoms with Gasteiger partial charge in [0.2, 0.25) is 0 Å². The van der Waals surface area contributed by atoms with Crippen LogP contribution in [0, 0.1) is 5.82 Å². The quantitative estimate of drug-likeness (QED) is 0.733. The maximum absolute atomic E-state index is 13.9. The van der Waals surface area contributed by atoms with E-state index < -0.39 is 0 Å². The van der Waals surface area contributed by atoms with Crippen LogP contribution in [0.4, 0.5) is 10.2 Å². The third-order valence-corrected chi connectivity index (χ3v) is 3.36. The number of fused-ring (bicyclic) bond motifs is 1. The molecular formula is C15H15FN4. The lowest BCUT2D eigenvalue weighted by Crippen LogP contribution is -2.19. The van der Waals surface area contributed by atoms with Crippen LogP contribution >= 0.6 is 0 Å². The molecule has 0 saturated heterocycles. The first-order chi connectivity index (χ1) is 9.70. The highest BCUT2D eigenvalue weighted by Crippen LogP contribution is 2.25. The molecule has 5 heteroatoms. The van der Waals surface area contributed by atoms with Gasteiger partial charge in [-0.05, 0) is 19.1 Å². The highest BCUT2D eigenvalue weighted by Gasteiger charge is 2.12. The van der Waals surface area contributed by atoms with Crippen molar-refractivity contribution in [3.8, 4) is 11.3 Å². The molecule has 0 amide bonds. The molecule has 0 aliphatic rings. The average molecular weight is 270 g/mol. The number of halogens is 1. The van der Waals surface area contributed by atoms with Gasteiger partial charge in [-0.25, -0.2) is 9.37 Å². The molecule has 0 aliphatic heterocycles. The first kappa shape index (κ1) is 12.6. The zero-order valence-electron chi connectivity index (χ0n) is 11.4. The molecule has 0 saturated carbocycles. The number of hydrogen-bond acceptors (Lipinski definition) is 3. The summed E-state index contributed by atoms with van der Waals surface area (Å²) in [7, 11) is 1.97. The maximum atomic E-state index is 13.9. The first-order valence-corrected chi connectivity index (χ1v) is 6.51. The van der Waals surface area contributed by atoms with E-state index >= 15 is 0 Å². The summed E-state index contributed by atoms with van der Waals surface area (Å²) in [5, 5.41) is 4.26. The number of hydrogen-bond donors (Lipinski definition) is 0. The predicted octanol–water partition coefficient (Wildman–Crippen LogP) is 2.99. The van der Waals surface area contributed by atoms with Crippen LogP contribution in [0.5, 0.6) is 0 Å². The van der Waals surface area contributed by atoms with Gasteiger partial charge >= 0.3 is 0 Å². The van der Waals surface area contributed by atoms with Crippen LogP contribution < -0.4 is 4.90 Å². The fraction of sp³-hybridized carbons (Fsp3) is 0.200. The molecule has 102 valence electrons. The lowest BCUT2D eigenvalue weighted by molar-refractivity contribution is 0.630. The lowest BCUT2D eigenvalue weighted by atomic mass is 10.1. The molecule has 0 N–H and O–H groups in total. The number of anilines is 1. The van der Waals surface area contributed by atoms with Crippen LogP contribution in [0.2, 0.25) is 0 Å². The molecule has 0 bridgehead atoms. The number of aromatic nitrogens is 3. The van der Waals surface area contributed by atoms with Gasteiger partial charge in [0.1, 0.15) is 11.6 Å². The summed E-state index contributed by atoms with van der Waals surface area (Å²) in [6, 6.07) is 10.3. The Bertz CT molecular complexity index is 750. The average Bonchev–Trinajstić information content (AvgIpc) is 2.94. The van der Waals surface area contributed by atoms with Gasteiger partial charge in [-0.15, -0.1) is 0 Å². The van der Waals surface area contributed by atoms with Gasteiger partial charge in [-0.3, -0.25) is 0 Å². The summed E-state index contributed by atoms with van der Waals surface area (Å²) in [5.41, 5.74) is 1.83. The van der Waals surface area contributed by atoms with E-state index in [0.717, 1.165) is 12.4 Å². The zero-order valence-corrected chi connectivity index (χ0v) is 11.4. The van der Waals surface area contributed by atoms with E-state index in [4.69, 9.17) is 0 Å². The van der Waals surface area contributed by atoms with Crippen LogP contribution in [-0.2, 0) is 0 Å². The Labute approximate surface area is 116 Å². The van der Waals surface area contributed by atoms with Gasteiger partial charge in [-0.1, -0.05) is 12.1 Å². The Morgan fingerprint density at radius 3 is 2.80 bits per heavy atom. The molecular weight excluding hydrogens is 255 g/mol. The van der Waals surface area contributed by atoms with Crippen molar-refractivity contribution in [3.63, 3.8) is 0 Å². The van der Waals surface area contributed by atoms with Gasteiger partial charge in [0.25, 0.3) is 0 Å². The molecule has 2 aromatic heterocycles. The highest BCUT2D eigenvalue weighted by molar-refractivity contribution is 5.67. The summed E-state index contributed by atoms with van der Waals surface area (Å²) >= 11 is 0. The number of rotatable bonds is 3. The SMILES string of the molecule is CCN(C)c1cc(-c2ccccc2F)nc2ccnn12. The topological polar surface area (TPSA) is 33.4 Å². The van der Waals surface area contributed by atoms with Crippen molar-refractivity contribution in [2.24, 2.45) is 0 Å². The minimum absolute atomic E-state index is 0.269. The second kappa shape index (κ2) is 4.92. The van der Waals surface area contributed by atoms with E-state index in [1.165, 1.54) is 6.07 Å². The summed E-state index contributed by atoms with van der Waals surface area (Å²) in [6.45, 7) is 2.88. The molecule has 1 aromatic carbocycles. The van der Waals surface area contributed by atoms with Crippen molar-refractivity contribution in [1.29, 1.82) is 0 Å². The van der Waals surface area contributed by atoms with E-state index in [1.54, 1.807) is 22.8 Å². The number of nitrogens with zero attached hydrogens (tertiary/aromatic N) is 4. The van der Waals surface area contributed by atoms with E-state index in [2.05, 4.69) is 17.0 Å². The van der Waals surface area contributed by atoms with Crippen molar-refractivity contribution < 1.29 is 4.39 Å². The first-order valence-electron chi connectivity index (χ1n) is 6.51. The summed E-state index contributed by atoms with van der Waals surface area (Å²) in [5.74, 6) is 0.620.